The highest BCUT2D eigenvalue weighted by Crippen LogP contribution is 2.28. The lowest BCUT2D eigenvalue weighted by Gasteiger charge is -2.15. The molecule has 21 heavy (non-hydrogen) atoms. The van der Waals surface area contributed by atoms with Crippen molar-refractivity contribution in [2.45, 2.75) is 13.0 Å². The first-order valence-corrected chi connectivity index (χ1v) is 6.36. The molecule has 1 rings (SSSR count). The van der Waals surface area contributed by atoms with Crippen LogP contribution >= 0.6 is 0 Å². The molecule has 0 spiro atoms. The van der Waals surface area contributed by atoms with Crippen LogP contribution in [0.1, 0.15) is 17.3 Å². The van der Waals surface area contributed by atoms with Crippen molar-refractivity contribution in [2.24, 2.45) is 0 Å². The standard InChI is InChI=1S/C14H19NO6/c1-4-21-12-7-9(5-6-11(12)20-3)13(16)15-10(8-19-2)14(17)18/h5-7,10H,4,8H2,1-3H3,(H,15,16)(H,17,18). The topological polar surface area (TPSA) is 94.1 Å². The third-order valence-corrected chi connectivity index (χ3v) is 2.66. The van der Waals surface area contributed by atoms with Crippen molar-refractivity contribution in [1.29, 1.82) is 0 Å². The second-order valence-corrected chi connectivity index (χ2v) is 4.12. The van der Waals surface area contributed by atoms with E-state index in [-0.39, 0.29) is 12.2 Å². The Labute approximate surface area is 122 Å². The largest absolute Gasteiger partial charge is 0.493 e. The molecule has 7 heteroatoms. The third-order valence-electron chi connectivity index (χ3n) is 2.66. The van der Waals surface area contributed by atoms with Gasteiger partial charge in [-0.1, -0.05) is 0 Å². The number of rotatable bonds is 8. The third kappa shape index (κ3) is 4.64. The van der Waals surface area contributed by atoms with Crippen LogP contribution in [0.4, 0.5) is 0 Å². The zero-order valence-electron chi connectivity index (χ0n) is 12.2. The molecule has 2 N–H and O–H groups in total. The van der Waals surface area contributed by atoms with Crippen LogP contribution in [0.3, 0.4) is 0 Å². The second-order valence-electron chi connectivity index (χ2n) is 4.12. The lowest BCUT2D eigenvalue weighted by molar-refractivity contribution is -0.140. The smallest absolute Gasteiger partial charge is 0.328 e. The van der Waals surface area contributed by atoms with Gasteiger partial charge in [-0.3, -0.25) is 4.79 Å². The van der Waals surface area contributed by atoms with Crippen LogP contribution in [-0.4, -0.2) is 50.5 Å². The molecule has 0 bridgehead atoms. The lowest BCUT2D eigenvalue weighted by Crippen LogP contribution is -2.43. The Hall–Kier alpha value is -2.28. The molecule has 0 heterocycles. The van der Waals surface area contributed by atoms with Gasteiger partial charge in [0.15, 0.2) is 17.5 Å². The van der Waals surface area contributed by atoms with Gasteiger partial charge in [-0.05, 0) is 25.1 Å². The van der Waals surface area contributed by atoms with Crippen molar-refractivity contribution in [1.82, 2.24) is 5.32 Å². The molecule has 1 unspecified atom stereocenters. The maximum absolute atomic E-state index is 12.1. The van der Waals surface area contributed by atoms with Gasteiger partial charge in [0.2, 0.25) is 0 Å². The maximum atomic E-state index is 12.1. The monoisotopic (exact) mass is 297 g/mol. The predicted molar refractivity (Wildman–Crippen MR) is 74.9 cm³/mol. The number of amides is 1. The van der Waals surface area contributed by atoms with Crippen LogP contribution in [-0.2, 0) is 9.53 Å². The van der Waals surface area contributed by atoms with Gasteiger partial charge in [0, 0.05) is 12.7 Å². The molecule has 0 aliphatic heterocycles. The Morgan fingerprint density at radius 2 is 2.00 bits per heavy atom. The van der Waals surface area contributed by atoms with E-state index in [1.807, 2.05) is 6.92 Å². The van der Waals surface area contributed by atoms with Crippen LogP contribution in [0.25, 0.3) is 0 Å². The molecule has 0 aliphatic carbocycles. The molecule has 1 aromatic carbocycles. The Morgan fingerprint density at radius 1 is 1.29 bits per heavy atom. The van der Waals surface area contributed by atoms with Crippen LogP contribution in [0.15, 0.2) is 18.2 Å². The van der Waals surface area contributed by atoms with Crippen LogP contribution in [0.2, 0.25) is 0 Å². The minimum absolute atomic E-state index is 0.116. The van der Waals surface area contributed by atoms with E-state index in [4.69, 9.17) is 19.3 Å². The molecular weight excluding hydrogens is 278 g/mol. The molecule has 1 atom stereocenters. The van der Waals surface area contributed by atoms with E-state index in [1.165, 1.54) is 26.4 Å². The van der Waals surface area contributed by atoms with Gasteiger partial charge in [-0.25, -0.2) is 4.79 Å². The van der Waals surface area contributed by atoms with Crippen LogP contribution in [0.5, 0.6) is 11.5 Å². The summed E-state index contributed by atoms with van der Waals surface area (Å²) in [6.45, 7) is 2.11. The summed E-state index contributed by atoms with van der Waals surface area (Å²) in [5, 5.41) is 11.4. The number of nitrogens with one attached hydrogen (secondary N) is 1. The molecule has 0 radical (unpaired) electrons. The van der Waals surface area contributed by atoms with Gasteiger partial charge in [-0.2, -0.15) is 0 Å². The number of carbonyl (C=O) groups is 2. The van der Waals surface area contributed by atoms with Gasteiger partial charge < -0.3 is 24.6 Å². The zero-order valence-corrected chi connectivity index (χ0v) is 12.2. The highest BCUT2D eigenvalue weighted by Gasteiger charge is 2.21. The van der Waals surface area contributed by atoms with E-state index in [1.54, 1.807) is 6.07 Å². The van der Waals surface area contributed by atoms with Crippen molar-refractivity contribution < 1.29 is 28.9 Å². The number of hydrogen-bond donors (Lipinski definition) is 2. The Balaban J connectivity index is 2.91. The molecular formula is C14H19NO6. The molecule has 0 saturated heterocycles. The summed E-state index contributed by atoms with van der Waals surface area (Å²) in [6, 6.07) is 3.51. The number of carbonyl (C=O) groups excluding carboxylic acids is 1. The number of aliphatic carboxylic acids is 1. The van der Waals surface area contributed by atoms with E-state index >= 15 is 0 Å². The highest BCUT2D eigenvalue weighted by atomic mass is 16.5. The van der Waals surface area contributed by atoms with Crippen molar-refractivity contribution >= 4 is 11.9 Å². The van der Waals surface area contributed by atoms with Crippen molar-refractivity contribution in [2.75, 3.05) is 27.4 Å². The first kappa shape index (κ1) is 16.8. The van der Waals surface area contributed by atoms with Crippen molar-refractivity contribution in [3.8, 4) is 11.5 Å². The number of benzene rings is 1. The first-order chi connectivity index (χ1) is 10.0. The molecule has 1 amide bonds. The Kier molecular flexibility index (Phi) is 6.48. The van der Waals surface area contributed by atoms with Crippen LogP contribution in [0, 0.1) is 0 Å². The Bertz CT molecular complexity index is 502. The SMILES string of the molecule is CCOc1cc(C(=O)NC(COC)C(=O)O)ccc1OC. The minimum atomic E-state index is -1.16. The minimum Gasteiger partial charge on any atom is -0.493 e. The molecule has 116 valence electrons. The van der Waals surface area contributed by atoms with Gasteiger partial charge in [0.05, 0.1) is 20.3 Å². The van der Waals surface area contributed by atoms with Gasteiger partial charge in [0.25, 0.3) is 5.91 Å². The van der Waals surface area contributed by atoms with E-state index in [2.05, 4.69) is 5.32 Å². The molecule has 1 aromatic rings. The molecule has 0 aromatic heterocycles. The number of carboxylic acids is 1. The second kappa shape index (κ2) is 8.11. The van der Waals surface area contributed by atoms with E-state index in [0.717, 1.165) is 0 Å². The fraction of sp³-hybridized carbons (Fsp3) is 0.429. The van der Waals surface area contributed by atoms with Gasteiger partial charge >= 0.3 is 5.97 Å². The summed E-state index contributed by atoms with van der Waals surface area (Å²) in [6.07, 6.45) is 0. The predicted octanol–water partition coefficient (Wildman–Crippen LogP) is 0.923. The summed E-state index contributed by atoms with van der Waals surface area (Å²) in [5.74, 6) is -0.766. The van der Waals surface area contributed by atoms with Gasteiger partial charge in [-0.15, -0.1) is 0 Å². The fourth-order valence-corrected chi connectivity index (χ4v) is 1.67. The summed E-state index contributed by atoms with van der Waals surface area (Å²) < 4.78 is 15.3. The summed E-state index contributed by atoms with van der Waals surface area (Å²) in [5.41, 5.74) is 0.279. The summed E-state index contributed by atoms with van der Waals surface area (Å²) >= 11 is 0. The average molecular weight is 297 g/mol. The fourth-order valence-electron chi connectivity index (χ4n) is 1.67. The number of hydrogen-bond acceptors (Lipinski definition) is 5. The van der Waals surface area contributed by atoms with E-state index in [9.17, 15) is 9.59 Å². The highest BCUT2D eigenvalue weighted by molar-refractivity contribution is 5.97. The average Bonchev–Trinajstić information content (AvgIpc) is 2.46. The van der Waals surface area contributed by atoms with Crippen molar-refractivity contribution in [3.63, 3.8) is 0 Å². The first-order valence-electron chi connectivity index (χ1n) is 6.36. The maximum Gasteiger partial charge on any atom is 0.328 e. The normalized spacial score (nSPS) is 11.6. The van der Waals surface area contributed by atoms with Gasteiger partial charge in [0.1, 0.15) is 0 Å². The van der Waals surface area contributed by atoms with Crippen LogP contribution < -0.4 is 14.8 Å². The van der Waals surface area contributed by atoms with Crippen molar-refractivity contribution in [3.05, 3.63) is 23.8 Å². The summed E-state index contributed by atoms with van der Waals surface area (Å²) in [7, 11) is 2.86. The molecule has 0 saturated carbocycles. The van der Waals surface area contributed by atoms with E-state index in [0.29, 0.717) is 18.1 Å². The van der Waals surface area contributed by atoms with E-state index < -0.39 is 17.9 Å². The summed E-state index contributed by atoms with van der Waals surface area (Å²) in [4.78, 5) is 23.1. The molecule has 0 aliphatic rings. The zero-order chi connectivity index (χ0) is 15.8. The quantitative estimate of drug-likeness (QED) is 0.741. The lowest BCUT2D eigenvalue weighted by atomic mass is 10.1. The Morgan fingerprint density at radius 3 is 2.52 bits per heavy atom. The number of methoxy groups -OCH3 is 2. The number of ether oxygens (including phenoxy) is 3. The molecule has 0 fully saturated rings. The molecule has 7 nitrogen and oxygen atoms in total. The number of carboxylic acid groups (broad SMARTS) is 1.